The van der Waals surface area contributed by atoms with Gasteiger partial charge >= 0.3 is 0 Å². The summed E-state index contributed by atoms with van der Waals surface area (Å²) in [6.07, 6.45) is 3.21. The maximum absolute atomic E-state index is 12.3. The van der Waals surface area contributed by atoms with Crippen molar-refractivity contribution in [2.45, 2.75) is 32.8 Å². The lowest BCUT2D eigenvalue weighted by Gasteiger charge is -2.25. The molecule has 2 aliphatic rings. The van der Waals surface area contributed by atoms with E-state index in [1.54, 1.807) is 6.07 Å². The zero-order valence-corrected chi connectivity index (χ0v) is 14.0. The lowest BCUT2D eigenvalue weighted by molar-refractivity contribution is -0.130. The Morgan fingerprint density at radius 3 is 2.83 bits per heavy atom. The molecule has 1 N–H and O–H groups in total. The fourth-order valence-corrected chi connectivity index (χ4v) is 2.77. The summed E-state index contributed by atoms with van der Waals surface area (Å²) in [6, 6.07) is 7.31. The van der Waals surface area contributed by atoms with Gasteiger partial charge < -0.3 is 9.47 Å². The van der Waals surface area contributed by atoms with Crippen molar-refractivity contribution in [2.75, 3.05) is 6.61 Å². The molecule has 1 amide bonds. The lowest BCUT2D eigenvalue weighted by Crippen LogP contribution is -2.42. The molecule has 0 aromatic heterocycles. The van der Waals surface area contributed by atoms with Crippen molar-refractivity contribution < 1.29 is 14.3 Å². The van der Waals surface area contributed by atoms with Gasteiger partial charge in [0.15, 0.2) is 11.5 Å². The second-order valence-corrected chi connectivity index (χ2v) is 6.27. The van der Waals surface area contributed by atoms with Crippen molar-refractivity contribution in [3.05, 3.63) is 48.1 Å². The molecule has 24 heavy (non-hydrogen) atoms. The van der Waals surface area contributed by atoms with E-state index >= 15 is 0 Å². The van der Waals surface area contributed by atoms with Gasteiger partial charge in [0.2, 0.25) is 6.10 Å². The van der Waals surface area contributed by atoms with Crippen LogP contribution in [0, 0.1) is 5.92 Å². The molecule has 2 atom stereocenters. The molecule has 5 heteroatoms. The SMILES string of the molecule is C=C(C)[C@H]1CC=C(C)C(=NNC(=O)[C@@H]2COc3ccccc3O2)C1. The third kappa shape index (κ3) is 3.50. The molecule has 1 aliphatic carbocycles. The Hall–Kier alpha value is -2.56. The van der Waals surface area contributed by atoms with Crippen LogP contribution in [0.1, 0.15) is 26.7 Å². The fourth-order valence-electron chi connectivity index (χ4n) is 2.77. The molecule has 0 saturated carbocycles. The van der Waals surface area contributed by atoms with Crippen molar-refractivity contribution in [1.82, 2.24) is 5.43 Å². The van der Waals surface area contributed by atoms with Gasteiger partial charge in [-0.1, -0.05) is 30.4 Å². The summed E-state index contributed by atoms with van der Waals surface area (Å²) in [5.74, 6) is 1.31. The number of amides is 1. The summed E-state index contributed by atoms with van der Waals surface area (Å²) >= 11 is 0. The number of carbonyl (C=O) groups is 1. The van der Waals surface area contributed by atoms with Crippen LogP contribution in [0.25, 0.3) is 0 Å². The first kappa shape index (κ1) is 16.3. The number of carbonyl (C=O) groups excluding carboxylic acids is 1. The number of hydrogen-bond donors (Lipinski definition) is 1. The van der Waals surface area contributed by atoms with Crippen molar-refractivity contribution in [1.29, 1.82) is 0 Å². The first-order valence-electron chi connectivity index (χ1n) is 8.12. The van der Waals surface area contributed by atoms with Gasteiger partial charge in [0, 0.05) is 0 Å². The lowest BCUT2D eigenvalue weighted by atomic mass is 9.85. The number of para-hydroxylation sites is 2. The van der Waals surface area contributed by atoms with Gasteiger partial charge in [-0.05, 0) is 50.3 Å². The minimum absolute atomic E-state index is 0.177. The minimum atomic E-state index is -0.700. The second-order valence-electron chi connectivity index (χ2n) is 6.27. The molecular formula is C19H22N2O3. The smallest absolute Gasteiger partial charge is 0.284 e. The van der Waals surface area contributed by atoms with Crippen molar-refractivity contribution in [3.63, 3.8) is 0 Å². The van der Waals surface area contributed by atoms with Gasteiger partial charge in [0.25, 0.3) is 5.91 Å². The van der Waals surface area contributed by atoms with E-state index in [1.807, 2.05) is 32.0 Å². The van der Waals surface area contributed by atoms with Crippen LogP contribution in [-0.2, 0) is 4.79 Å². The van der Waals surface area contributed by atoms with Gasteiger partial charge in [0.1, 0.15) is 6.61 Å². The number of ether oxygens (including phenoxy) is 2. The molecule has 5 nitrogen and oxygen atoms in total. The quantitative estimate of drug-likeness (QED) is 0.685. The van der Waals surface area contributed by atoms with Gasteiger partial charge in [-0.2, -0.15) is 5.10 Å². The summed E-state index contributed by atoms with van der Waals surface area (Å²) in [6.45, 7) is 8.24. The molecule has 1 aromatic carbocycles. The number of nitrogens with zero attached hydrogens (tertiary/aromatic N) is 1. The molecule has 1 aliphatic heterocycles. The molecule has 0 bridgehead atoms. The molecule has 3 rings (SSSR count). The molecule has 126 valence electrons. The highest BCUT2D eigenvalue weighted by Crippen LogP contribution is 2.31. The van der Waals surface area contributed by atoms with Crippen LogP contribution < -0.4 is 14.9 Å². The first-order chi connectivity index (χ1) is 11.5. The third-order valence-electron chi connectivity index (χ3n) is 4.40. The number of allylic oxidation sites excluding steroid dienone is 3. The molecule has 0 saturated heterocycles. The van der Waals surface area contributed by atoms with Crippen molar-refractivity contribution in [3.8, 4) is 11.5 Å². The van der Waals surface area contributed by atoms with Crippen LogP contribution in [0.5, 0.6) is 11.5 Å². The van der Waals surface area contributed by atoms with E-state index in [0.29, 0.717) is 17.4 Å². The predicted molar refractivity (Wildman–Crippen MR) is 93.2 cm³/mol. The third-order valence-corrected chi connectivity index (χ3v) is 4.40. The van der Waals surface area contributed by atoms with Gasteiger partial charge in [-0.15, -0.1) is 0 Å². The standard InChI is InChI=1S/C19H22N2O3/c1-12(2)14-9-8-13(3)15(10-14)20-21-19(22)18-11-23-16-6-4-5-7-17(16)24-18/h4-8,14,18H,1,9-11H2,2-3H3,(H,21,22)/t14-,18-/m0/s1. The summed E-state index contributed by atoms with van der Waals surface area (Å²) in [5, 5.41) is 4.30. The van der Waals surface area contributed by atoms with E-state index < -0.39 is 6.10 Å². The van der Waals surface area contributed by atoms with E-state index in [0.717, 1.165) is 29.7 Å². The number of benzene rings is 1. The van der Waals surface area contributed by atoms with Crippen LogP contribution in [0.2, 0.25) is 0 Å². The zero-order chi connectivity index (χ0) is 17.1. The number of hydrogen-bond acceptors (Lipinski definition) is 4. The van der Waals surface area contributed by atoms with Crippen molar-refractivity contribution in [2.24, 2.45) is 11.0 Å². The van der Waals surface area contributed by atoms with Gasteiger partial charge in [0.05, 0.1) is 5.71 Å². The Kier molecular flexibility index (Phi) is 4.69. The molecule has 0 unspecified atom stereocenters. The van der Waals surface area contributed by atoms with Gasteiger partial charge in [-0.3, -0.25) is 4.79 Å². The maximum Gasteiger partial charge on any atom is 0.284 e. The summed E-state index contributed by atoms with van der Waals surface area (Å²) in [4.78, 5) is 12.3. The average Bonchev–Trinajstić information content (AvgIpc) is 2.60. The average molecular weight is 326 g/mol. The largest absolute Gasteiger partial charge is 0.485 e. The molecule has 0 radical (unpaired) electrons. The summed E-state index contributed by atoms with van der Waals surface area (Å²) in [7, 11) is 0. The number of rotatable bonds is 3. The highest BCUT2D eigenvalue weighted by molar-refractivity contribution is 6.01. The van der Waals surface area contributed by atoms with Crippen molar-refractivity contribution >= 4 is 11.6 Å². The topological polar surface area (TPSA) is 59.9 Å². The predicted octanol–water partition coefficient (Wildman–Crippen LogP) is 3.23. The van der Waals surface area contributed by atoms with Crippen LogP contribution in [0.4, 0.5) is 0 Å². The summed E-state index contributed by atoms with van der Waals surface area (Å²) < 4.78 is 11.2. The Labute approximate surface area is 142 Å². The van der Waals surface area contributed by atoms with Crippen LogP contribution in [0.15, 0.2) is 53.2 Å². The molecule has 0 spiro atoms. The van der Waals surface area contributed by atoms with E-state index in [-0.39, 0.29) is 12.5 Å². The maximum atomic E-state index is 12.3. The second kappa shape index (κ2) is 6.91. The Bertz CT molecular complexity index is 721. The van der Waals surface area contributed by atoms with Crippen LogP contribution >= 0.6 is 0 Å². The molecular weight excluding hydrogens is 304 g/mol. The Morgan fingerprint density at radius 1 is 1.33 bits per heavy atom. The highest BCUT2D eigenvalue weighted by Gasteiger charge is 2.27. The number of nitrogens with one attached hydrogen (secondary N) is 1. The van der Waals surface area contributed by atoms with E-state index in [1.165, 1.54) is 0 Å². The van der Waals surface area contributed by atoms with E-state index in [4.69, 9.17) is 9.47 Å². The van der Waals surface area contributed by atoms with Crippen LogP contribution in [-0.4, -0.2) is 24.3 Å². The summed E-state index contributed by atoms with van der Waals surface area (Å²) in [5.41, 5.74) is 5.74. The van der Waals surface area contributed by atoms with E-state index in [2.05, 4.69) is 23.2 Å². The Morgan fingerprint density at radius 2 is 2.08 bits per heavy atom. The molecule has 0 fully saturated rings. The molecule has 1 aromatic rings. The Balaban J connectivity index is 1.64. The van der Waals surface area contributed by atoms with Gasteiger partial charge in [-0.25, -0.2) is 5.43 Å². The fraction of sp³-hybridized carbons (Fsp3) is 0.368. The number of hydrazone groups is 1. The van der Waals surface area contributed by atoms with E-state index in [9.17, 15) is 4.79 Å². The highest BCUT2D eigenvalue weighted by atomic mass is 16.6. The first-order valence-corrected chi connectivity index (χ1v) is 8.12. The zero-order valence-electron chi connectivity index (χ0n) is 14.0. The number of fused-ring (bicyclic) bond motifs is 1. The minimum Gasteiger partial charge on any atom is -0.485 e. The normalized spacial score (nSPS) is 24.2. The van der Waals surface area contributed by atoms with Crippen LogP contribution in [0.3, 0.4) is 0 Å². The monoisotopic (exact) mass is 326 g/mol. The molecule has 1 heterocycles.